The van der Waals surface area contributed by atoms with Gasteiger partial charge in [-0.15, -0.1) is 0 Å². The van der Waals surface area contributed by atoms with Crippen molar-refractivity contribution in [1.29, 1.82) is 0 Å². The Morgan fingerprint density at radius 3 is 2.82 bits per heavy atom. The molecule has 0 aromatic carbocycles. The van der Waals surface area contributed by atoms with Gasteiger partial charge in [-0.2, -0.15) is 0 Å². The number of nitrogens with one attached hydrogen (secondary N) is 1. The first-order chi connectivity index (χ1) is 10.6. The van der Waals surface area contributed by atoms with Crippen molar-refractivity contribution in [1.82, 2.24) is 15.5 Å². The number of aryl methyl sites for hydroxylation is 2. The van der Waals surface area contributed by atoms with E-state index < -0.39 is 0 Å². The van der Waals surface area contributed by atoms with Crippen LogP contribution in [0.5, 0.6) is 0 Å². The van der Waals surface area contributed by atoms with Crippen molar-refractivity contribution in [2.24, 2.45) is 0 Å². The molecule has 0 radical (unpaired) electrons. The molecule has 1 saturated carbocycles. The van der Waals surface area contributed by atoms with E-state index in [4.69, 9.17) is 4.52 Å². The third-order valence-electron chi connectivity index (χ3n) is 4.55. The summed E-state index contributed by atoms with van der Waals surface area (Å²) >= 11 is 0. The standard InChI is InChI=1S/C17H20N4O/c1-11-16(12(2)22-20-11)21-9-13-4-7-18-8-14(13)15(10-21)19-17(3)5-6-17/h4,7-8,10,19H,5-6,9H2,1-3H3. The van der Waals surface area contributed by atoms with Crippen molar-refractivity contribution in [3.63, 3.8) is 0 Å². The minimum absolute atomic E-state index is 0.223. The highest BCUT2D eigenvalue weighted by Gasteiger charge is 2.38. The molecular weight excluding hydrogens is 276 g/mol. The highest BCUT2D eigenvalue weighted by molar-refractivity contribution is 5.74. The van der Waals surface area contributed by atoms with E-state index in [1.165, 1.54) is 24.0 Å². The zero-order valence-corrected chi connectivity index (χ0v) is 13.2. The van der Waals surface area contributed by atoms with Gasteiger partial charge in [-0.1, -0.05) is 5.16 Å². The van der Waals surface area contributed by atoms with Crippen molar-refractivity contribution in [3.05, 3.63) is 47.2 Å². The first-order valence-corrected chi connectivity index (χ1v) is 7.68. The third-order valence-corrected chi connectivity index (χ3v) is 4.55. The van der Waals surface area contributed by atoms with E-state index in [1.807, 2.05) is 26.2 Å². The van der Waals surface area contributed by atoms with Gasteiger partial charge in [0.05, 0.1) is 5.70 Å². The van der Waals surface area contributed by atoms with E-state index >= 15 is 0 Å². The van der Waals surface area contributed by atoms with Gasteiger partial charge in [-0.3, -0.25) is 4.98 Å². The van der Waals surface area contributed by atoms with E-state index in [2.05, 4.69) is 39.5 Å². The molecule has 0 amide bonds. The molecule has 4 rings (SSSR count). The maximum atomic E-state index is 5.33. The number of fused-ring (bicyclic) bond motifs is 1. The van der Waals surface area contributed by atoms with Crippen molar-refractivity contribution in [2.45, 2.75) is 45.7 Å². The summed E-state index contributed by atoms with van der Waals surface area (Å²) in [5, 5.41) is 7.77. The summed E-state index contributed by atoms with van der Waals surface area (Å²) in [7, 11) is 0. The van der Waals surface area contributed by atoms with Gasteiger partial charge in [0, 0.05) is 36.2 Å². The lowest BCUT2D eigenvalue weighted by Crippen LogP contribution is -2.32. The van der Waals surface area contributed by atoms with E-state index in [-0.39, 0.29) is 5.54 Å². The second-order valence-corrected chi connectivity index (χ2v) is 6.56. The van der Waals surface area contributed by atoms with Crippen LogP contribution < -0.4 is 10.2 Å². The molecule has 3 heterocycles. The highest BCUT2D eigenvalue weighted by atomic mass is 16.5. The minimum atomic E-state index is 0.223. The number of nitrogens with zero attached hydrogens (tertiary/aromatic N) is 3. The SMILES string of the molecule is Cc1noc(C)c1N1C=C(NC2(C)CC2)c2cnccc2C1. The predicted molar refractivity (Wildman–Crippen MR) is 85.1 cm³/mol. The van der Waals surface area contributed by atoms with Crippen molar-refractivity contribution >= 4 is 11.4 Å². The molecule has 114 valence electrons. The van der Waals surface area contributed by atoms with Crippen LogP contribution in [0, 0.1) is 13.8 Å². The Labute approximate surface area is 130 Å². The molecule has 0 bridgehead atoms. The van der Waals surface area contributed by atoms with Crippen LogP contribution in [0.2, 0.25) is 0 Å². The van der Waals surface area contributed by atoms with Gasteiger partial charge in [-0.05, 0) is 45.2 Å². The van der Waals surface area contributed by atoms with Crippen LogP contribution in [0.4, 0.5) is 5.69 Å². The van der Waals surface area contributed by atoms with Gasteiger partial charge in [0.1, 0.15) is 11.4 Å². The van der Waals surface area contributed by atoms with E-state index in [1.54, 1.807) is 0 Å². The second-order valence-electron chi connectivity index (χ2n) is 6.56. The Hall–Kier alpha value is -2.30. The third kappa shape index (κ3) is 2.17. The molecule has 5 nitrogen and oxygen atoms in total. The van der Waals surface area contributed by atoms with Crippen molar-refractivity contribution < 1.29 is 4.52 Å². The van der Waals surface area contributed by atoms with Crippen molar-refractivity contribution in [3.8, 4) is 0 Å². The topological polar surface area (TPSA) is 54.2 Å². The number of pyridine rings is 1. The molecule has 1 aliphatic carbocycles. The zero-order valence-electron chi connectivity index (χ0n) is 13.2. The number of anilines is 1. The molecule has 22 heavy (non-hydrogen) atoms. The molecule has 5 heteroatoms. The Balaban J connectivity index is 1.78. The maximum absolute atomic E-state index is 5.33. The monoisotopic (exact) mass is 296 g/mol. The number of hydrogen-bond acceptors (Lipinski definition) is 5. The van der Waals surface area contributed by atoms with E-state index in [0.717, 1.165) is 29.4 Å². The lowest BCUT2D eigenvalue weighted by atomic mass is 10.0. The van der Waals surface area contributed by atoms with Gasteiger partial charge in [-0.25, -0.2) is 0 Å². The molecule has 2 aromatic rings. The van der Waals surface area contributed by atoms with Gasteiger partial charge in [0.15, 0.2) is 5.76 Å². The quantitative estimate of drug-likeness (QED) is 0.943. The van der Waals surface area contributed by atoms with E-state index in [0.29, 0.717) is 0 Å². The predicted octanol–water partition coefficient (Wildman–Crippen LogP) is 3.15. The minimum Gasteiger partial charge on any atom is -0.378 e. The van der Waals surface area contributed by atoms with Gasteiger partial charge in [0.2, 0.25) is 0 Å². The largest absolute Gasteiger partial charge is 0.378 e. The summed E-state index contributed by atoms with van der Waals surface area (Å²) in [6.45, 7) is 7.01. The molecule has 1 N–H and O–H groups in total. The molecule has 1 fully saturated rings. The van der Waals surface area contributed by atoms with Crippen molar-refractivity contribution in [2.75, 3.05) is 4.90 Å². The smallest absolute Gasteiger partial charge is 0.157 e. The molecule has 2 aromatic heterocycles. The fourth-order valence-electron chi connectivity index (χ4n) is 3.03. The summed E-state index contributed by atoms with van der Waals surface area (Å²) in [5.41, 5.74) is 5.80. The Morgan fingerprint density at radius 2 is 2.14 bits per heavy atom. The second kappa shape index (κ2) is 4.60. The van der Waals surface area contributed by atoms with Crippen LogP contribution in [-0.2, 0) is 6.54 Å². The average Bonchev–Trinajstić information content (AvgIpc) is 3.12. The molecule has 1 aliphatic heterocycles. The molecule has 0 spiro atoms. The van der Waals surface area contributed by atoms with Crippen LogP contribution in [-0.4, -0.2) is 15.7 Å². The zero-order chi connectivity index (χ0) is 15.3. The first-order valence-electron chi connectivity index (χ1n) is 7.68. The molecule has 0 saturated heterocycles. The highest BCUT2D eigenvalue weighted by Crippen LogP contribution is 2.39. The Kier molecular flexibility index (Phi) is 2.79. The van der Waals surface area contributed by atoms with Gasteiger partial charge >= 0.3 is 0 Å². The number of aromatic nitrogens is 2. The lowest BCUT2D eigenvalue weighted by molar-refractivity contribution is 0.393. The first kappa shape index (κ1) is 13.4. The molecular formula is C17H20N4O. The summed E-state index contributed by atoms with van der Waals surface area (Å²) in [6, 6.07) is 2.09. The molecule has 2 aliphatic rings. The Morgan fingerprint density at radius 1 is 1.32 bits per heavy atom. The molecule has 0 unspecified atom stereocenters. The maximum Gasteiger partial charge on any atom is 0.157 e. The van der Waals surface area contributed by atoms with Crippen LogP contribution in [0.1, 0.15) is 42.3 Å². The van der Waals surface area contributed by atoms with Crippen LogP contribution in [0.3, 0.4) is 0 Å². The Bertz CT molecular complexity index is 738. The fraction of sp³-hybridized carbons (Fsp3) is 0.412. The van der Waals surface area contributed by atoms with Gasteiger partial charge < -0.3 is 14.7 Å². The summed E-state index contributed by atoms with van der Waals surface area (Å²) < 4.78 is 5.33. The summed E-state index contributed by atoms with van der Waals surface area (Å²) in [6.07, 6.45) is 8.40. The van der Waals surface area contributed by atoms with Crippen LogP contribution in [0.15, 0.2) is 29.2 Å². The van der Waals surface area contributed by atoms with Gasteiger partial charge in [0.25, 0.3) is 0 Å². The fourth-order valence-corrected chi connectivity index (χ4v) is 3.03. The van der Waals surface area contributed by atoms with Crippen LogP contribution in [0.25, 0.3) is 5.70 Å². The summed E-state index contributed by atoms with van der Waals surface area (Å²) in [4.78, 5) is 6.51. The normalized spacial score (nSPS) is 18.7. The van der Waals surface area contributed by atoms with Crippen LogP contribution >= 0.6 is 0 Å². The number of rotatable bonds is 3. The number of hydrogen-bond donors (Lipinski definition) is 1. The molecule has 0 atom stereocenters. The summed E-state index contributed by atoms with van der Waals surface area (Å²) in [5.74, 6) is 0.850. The average molecular weight is 296 g/mol. The van der Waals surface area contributed by atoms with E-state index in [9.17, 15) is 0 Å². The lowest BCUT2D eigenvalue weighted by Gasteiger charge is -2.30.